The molecule has 1 aromatic carbocycles. The van der Waals surface area contributed by atoms with Crippen molar-refractivity contribution in [2.75, 3.05) is 52.5 Å². The summed E-state index contributed by atoms with van der Waals surface area (Å²) in [4.78, 5) is 28.3. The van der Waals surface area contributed by atoms with E-state index in [-0.39, 0.29) is 12.5 Å². The van der Waals surface area contributed by atoms with Gasteiger partial charge in [0.25, 0.3) is 5.91 Å². The maximum Gasteiger partial charge on any atom is 0.252 e. The van der Waals surface area contributed by atoms with E-state index in [4.69, 9.17) is 15.2 Å². The third-order valence-corrected chi connectivity index (χ3v) is 5.65. The van der Waals surface area contributed by atoms with Crippen molar-refractivity contribution in [1.82, 2.24) is 9.80 Å². The Morgan fingerprint density at radius 1 is 1.11 bits per heavy atom. The molecule has 0 saturated carbocycles. The number of ether oxygens (including phenoxy) is 2. The van der Waals surface area contributed by atoms with E-state index in [9.17, 15) is 9.59 Å². The normalized spacial score (nSPS) is 18.8. The highest BCUT2D eigenvalue weighted by atomic mass is 16.5. The van der Waals surface area contributed by atoms with Crippen LogP contribution in [0.3, 0.4) is 0 Å². The summed E-state index contributed by atoms with van der Waals surface area (Å²) >= 11 is 0. The van der Waals surface area contributed by atoms with Crippen molar-refractivity contribution in [2.24, 2.45) is 11.7 Å². The van der Waals surface area contributed by atoms with Crippen molar-refractivity contribution >= 4 is 11.8 Å². The monoisotopic (exact) mass is 389 g/mol. The molecule has 0 spiro atoms. The SMILES string of the molecule is NC(=O)c1ccccc1OCCC(=O)N1CCC(CCN2CCOCC2)CC1. The zero-order valence-electron chi connectivity index (χ0n) is 16.5. The minimum atomic E-state index is -0.527. The molecule has 7 nitrogen and oxygen atoms in total. The van der Waals surface area contributed by atoms with Crippen LogP contribution in [0.5, 0.6) is 5.75 Å². The average Bonchev–Trinajstić information content (AvgIpc) is 2.73. The molecule has 0 radical (unpaired) electrons. The van der Waals surface area contributed by atoms with Crippen molar-refractivity contribution < 1.29 is 19.1 Å². The topological polar surface area (TPSA) is 85.1 Å². The predicted molar refractivity (Wildman–Crippen MR) is 106 cm³/mol. The van der Waals surface area contributed by atoms with Gasteiger partial charge in [0, 0.05) is 26.2 Å². The van der Waals surface area contributed by atoms with E-state index in [1.807, 2.05) is 4.90 Å². The van der Waals surface area contributed by atoms with Crippen molar-refractivity contribution in [3.8, 4) is 5.75 Å². The van der Waals surface area contributed by atoms with Crippen LogP contribution >= 0.6 is 0 Å². The van der Waals surface area contributed by atoms with Crippen LogP contribution in [0.15, 0.2) is 24.3 Å². The number of hydrogen-bond donors (Lipinski definition) is 1. The molecule has 0 aromatic heterocycles. The quantitative estimate of drug-likeness (QED) is 0.729. The summed E-state index contributed by atoms with van der Waals surface area (Å²) in [6.07, 6.45) is 3.66. The Morgan fingerprint density at radius 2 is 1.82 bits per heavy atom. The number of amides is 2. The highest BCUT2D eigenvalue weighted by molar-refractivity contribution is 5.95. The smallest absolute Gasteiger partial charge is 0.252 e. The molecule has 0 atom stereocenters. The number of morpholine rings is 1. The van der Waals surface area contributed by atoms with Crippen molar-refractivity contribution in [3.63, 3.8) is 0 Å². The van der Waals surface area contributed by atoms with Crippen LogP contribution in [0.1, 0.15) is 36.0 Å². The number of nitrogens with two attached hydrogens (primary N) is 1. The number of piperidine rings is 1. The van der Waals surface area contributed by atoms with Gasteiger partial charge in [0.1, 0.15) is 5.75 Å². The van der Waals surface area contributed by atoms with Crippen LogP contribution < -0.4 is 10.5 Å². The standard InChI is InChI=1S/C21H31N3O4/c22-21(26)18-3-1-2-4-19(18)28-14-8-20(25)24-10-6-17(7-11-24)5-9-23-12-15-27-16-13-23/h1-4,17H,5-16H2,(H2,22,26). The van der Waals surface area contributed by atoms with Gasteiger partial charge in [0.2, 0.25) is 5.91 Å². The lowest BCUT2D eigenvalue weighted by Gasteiger charge is -2.34. The Balaban J connectivity index is 1.34. The fourth-order valence-corrected chi connectivity index (χ4v) is 3.86. The summed E-state index contributed by atoms with van der Waals surface area (Å²) in [5.41, 5.74) is 5.69. The van der Waals surface area contributed by atoms with E-state index in [0.717, 1.165) is 58.8 Å². The van der Waals surface area contributed by atoms with Crippen LogP contribution in [-0.2, 0) is 9.53 Å². The highest BCUT2D eigenvalue weighted by Gasteiger charge is 2.23. The van der Waals surface area contributed by atoms with Gasteiger partial charge < -0.3 is 20.1 Å². The fraction of sp³-hybridized carbons (Fsp3) is 0.619. The largest absolute Gasteiger partial charge is 0.492 e. The van der Waals surface area contributed by atoms with Gasteiger partial charge in [-0.1, -0.05) is 12.1 Å². The zero-order chi connectivity index (χ0) is 19.8. The molecule has 2 aliphatic rings. The minimum absolute atomic E-state index is 0.114. The van der Waals surface area contributed by atoms with Gasteiger partial charge in [-0.2, -0.15) is 0 Å². The first-order valence-corrected chi connectivity index (χ1v) is 10.2. The van der Waals surface area contributed by atoms with Crippen LogP contribution in [0, 0.1) is 5.92 Å². The van der Waals surface area contributed by atoms with E-state index < -0.39 is 5.91 Å². The number of carbonyl (C=O) groups is 2. The molecule has 2 N–H and O–H groups in total. The van der Waals surface area contributed by atoms with Crippen LogP contribution in [0.25, 0.3) is 0 Å². The molecule has 0 unspecified atom stereocenters. The van der Waals surface area contributed by atoms with Crippen LogP contribution in [0.4, 0.5) is 0 Å². The van der Waals surface area contributed by atoms with E-state index in [2.05, 4.69) is 4.90 Å². The summed E-state index contributed by atoms with van der Waals surface area (Å²) in [7, 11) is 0. The van der Waals surface area contributed by atoms with Gasteiger partial charge in [-0.15, -0.1) is 0 Å². The first kappa shape index (κ1) is 20.6. The number of likely N-dealkylation sites (tertiary alicyclic amines) is 1. The molecule has 154 valence electrons. The van der Waals surface area contributed by atoms with Gasteiger partial charge in [-0.3, -0.25) is 14.5 Å². The Hall–Kier alpha value is -2.12. The second kappa shape index (κ2) is 10.4. The molecule has 7 heteroatoms. The molecule has 3 rings (SSSR count). The number of hydrogen-bond acceptors (Lipinski definition) is 5. The second-order valence-corrected chi connectivity index (χ2v) is 7.53. The number of benzene rings is 1. The number of carbonyl (C=O) groups excluding carboxylic acids is 2. The van der Waals surface area contributed by atoms with Gasteiger partial charge in [0.05, 0.1) is 31.8 Å². The number of para-hydroxylation sites is 1. The summed E-state index contributed by atoms with van der Waals surface area (Å²) in [6.45, 7) is 6.80. The van der Waals surface area contributed by atoms with Crippen molar-refractivity contribution in [1.29, 1.82) is 0 Å². The third kappa shape index (κ3) is 5.94. The lowest BCUT2D eigenvalue weighted by atomic mass is 9.93. The number of primary amides is 1. The Labute approximate surface area is 166 Å². The molecule has 2 fully saturated rings. The Kier molecular flexibility index (Phi) is 7.68. The lowest BCUT2D eigenvalue weighted by Crippen LogP contribution is -2.41. The van der Waals surface area contributed by atoms with Crippen molar-refractivity contribution in [3.05, 3.63) is 29.8 Å². The molecule has 2 aliphatic heterocycles. The molecular formula is C21H31N3O4. The molecule has 2 heterocycles. The number of rotatable bonds is 8. The second-order valence-electron chi connectivity index (χ2n) is 7.53. The molecule has 1 aromatic rings. The molecule has 0 bridgehead atoms. The fourth-order valence-electron chi connectivity index (χ4n) is 3.86. The summed E-state index contributed by atoms with van der Waals surface area (Å²) in [5.74, 6) is 0.722. The maximum absolute atomic E-state index is 12.5. The molecular weight excluding hydrogens is 358 g/mol. The molecule has 28 heavy (non-hydrogen) atoms. The predicted octanol–water partition coefficient (Wildman–Crippen LogP) is 1.52. The highest BCUT2D eigenvalue weighted by Crippen LogP contribution is 2.22. The van der Waals surface area contributed by atoms with Gasteiger partial charge >= 0.3 is 0 Å². The van der Waals surface area contributed by atoms with Gasteiger partial charge in [-0.05, 0) is 43.9 Å². The third-order valence-electron chi connectivity index (χ3n) is 5.65. The summed E-state index contributed by atoms with van der Waals surface area (Å²) < 4.78 is 11.0. The Bertz CT molecular complexity index is 653. The first-order valence-electron chi connectivity index (χ1n) is 10.2. The van der Waals surface area contributed by atoms with E-state index in [1.54, 1.807) is 24.3 Å². The molecule has 2 saturated heterocycles. The van der Waals surface area contributed by atoms with Crippen molar-refractivity contribution in [2.45, 2.75) is 25.7 Å². The minimum Gasteiger partial charge on any atom is -0.492 e. The van der Waals surface area contributed by atoms with E-state index >= 15 is 0 Å². The van der Waals surface area contributed by atoms with E-state index in [0.29, 0.717) is 23.7 Å². The van der Waals surface area contributed by atoms with Gasteiger partial charge in [-0.25, -0.2) is 0 Å². The van der Waals surface area contributed by atoms with Gasteiger partial charge in [0.15, 0.2) is 0 Å². The number of nitrogens with zero attached hydrogens (tertiary/aromatic N) is 2. The molecule has 2 amide bonds. The zero-order valence-corrected chi connectivity index (χ0v) is 16.5. The first-order chi connectivity index (χ1) is 13.6. The lowest BCUT2D eigenvalue weighted by molar-refractivity contribution is -0.133. The average molecular weight is 389 g/mol. The maximum atomic E-state index is 12.5. The Morgan fingerprint density at radius 3 is 2.54 bits per heavy atom. The van der Waals surface area contributed by atoms with E-state index in [1.165, 1.54) is 6.42 Å². The van der Waals surface area contributed by atoms with Crippen LogP contribution in [0.2, 0.25) is 0 Å². The summed E-state index contributed by atoms with van der Waals surface area (Å²) in [6, 6.07) is 6.85. The molecule has 0 aliphatic carbocycles. The van der Waals surface area contributed by atoms with Crippen LogP contribution in [-0.4, -0.2) is 74.2 Å². The summed E-state index contributed by atoms with van der Waals surface area (Å²) in [5, 5.41) is 0.